The third-order valence-electron chi connectivity index (χ3n) is 3.13. The Labute approximate surface area is 130 Å². The van der Waals surface area contributed by atoms with Crippen LogP contribution in [-0.4, -0.2) is 35.8 Å². The average molecular weight is 309 g/mol. The lowest BCUT2D eigenvalue weighted by Crippen LogP contribution is -2.35. The molecule has 1 N–H and O–H groups in total. The normalized spacial score (nSPS) is 12.9. The molecule has 2 aromatic heterocycles. The highest BCUT2D eigenvalue weighted by atomic mass is 32.1. The molecule has 2 heterocycles. The molecule has 0 aliphatic heterocycles. The Morgan fingerprint density at radius 1 is 1.43 bits per heavy atom. The van der Waals surface area contributed by atoms with Crippen molar-refractivity contribution in [2.45, 2.75) is 32.6 Å². The largest absolute Gasteiger partial charge is 0.467 e. The number of nitrogens with zero attached hydrogens (tertiary/aromatic N) is 1. The monoisotopic (exact) mass is 309 g/mol. The van der Waals surface area contributed by atoms with Gasteiger partial charge in [-0.25, -0.2) is 0 Å². The van der Waals surface area contributed by atoms with Gasteiger partial charge in [0.25, 0.3) is 0 Å². The van der Waals surface area contributed by atoms with Crippen molar-refractivity contribution >= 4 is 11.3 Å². The van der Waals surface area contributed by atoms with E-state index >= 15 is 0 Å². The van der Waals surface area contributed by atoms with Crippen LogP contribution in [0.15, 0.2) is 39.6 Å². The first-order valence-corrected chi connectivity index (χ1v) is 8.24. The molecule has 2 aromatic rings. The van der Waals surface area contributed by atoms with Crippen molar-refractivity contribution in [2.24, 2.45) is 0 Å². The molecule has 4 nitrogen and oxygen atoms in total. The minimum atomic E-state index is -0.481. The van der Waals surface area contributed by atoms with Crippen LogP contribution in [0.4, 0.5) is 0 Å². The minimum absolute atomic E-state index is 0.324. The molecule has 0 aliphatic rings. The topological polar surface area (TPSA) is 45.8 Å². The van der Waals surface area contributed by atoms with E-state index in [0.717, 1.165) is 25.3 Å². The first-order chi connectivity index (χ1) is 10.3. The Morgan fingerprint density at radius 3 is 3.00 bits per heavy atom. The van der Waals surface area contributed by atoms with E-state index in [9.17, 15) is 5.11 Å². The van der Waals surface area contributed by atoms with E-state index in [2.05, 4.69) is 28.7 Å². The van der Waals surface area contributed by atoms with Gasteiger partial charge in [0.15, 0.2) is 0 Å². The van der Waals surface area contributed by atoms with Crippen molar-refractivity contribution in [3.05, 3.63) is 46.5 Å². The number of thiophene rings is 1. The number of hydrogen-bond acceptors (Lipinski definition) is 5. The Balaban J connectivity index is 1.71. The summed E-state index contributed by atoms with van der Waals surface area (Å²) in [6.45, 7) is 5.37. The number of furan rings is 1. The molecule has 0 saturated carbocycles. The summed E-state index contributed by atoms with van der Waals surface area (Å²) in [6.07, 6.45) is 2.22. The summed E-state index contributed by atoms with van der Waals surface area (Å²) in [5.74, 6) is 0.783. The summed E-state index contributed by atoms with van der Waals surface area (Å²) in [5, 5.41) is 14.3. The van der Waals surface area contributed by atoms with Crippen LogP contribution < -0.4 is 0 Å². The van der Waals surface area contributed by atoms with Crippen molar-refractivity contribution in [3.63, 3.8) is 0 Å². The van der Waals surface area contributed by atoms with Crippen LogP contribution in [-0.2, 0) is 17.9 Å². The van der Waals surface area contributed by atoms with Gasteiger partial charge in [-0.3, -0.25) is 4.90 Å². The van der Waals surface area contributed by atoms with Gasteiger partial charge >= 0.3 is 0 Å². The van der Waals surface area contributed by atoms with Crippen molar-refractivity contribution in [1.82, 2.24) is 4.90 Å². The fourth-order valence-electron chi connectivity index (χ4n) is 2.23. The zero-order valence-corrected chi connectivity index (χ0v) is 13.2. The zero-order valence-electron chi connectivity index (χ0n) is 12.4. The van der Waals surface area contributed by atoms with Gasteiger partial charge in [0, 0.05) is 13.1 Å². The Morgan fingerprint density at radius 2 is 2.33 bits per heavy atom. The van der Waals surface area contributed by atoms with Gasteiger partial charge < -0.3 is 14.3 Å². The molecule has 5 heteroatoms. The second-order valence-electron chi connectivity index (χ2n) is 5.12. The van der Waals surface area contributed by atoms with Crippen LogP contribution >= 0.6 is 11.3 Å². The predicted octanol–water partition coefficient (Wildman–Crippen LogP) is 3.13. The van der Waals surface area contributed by atoms with Gasteiger partial charge in [-0.2, -0.15) is 11.3 Å². The maximum atomic E-state index is 10.1. The first-order valence-electron chi connectivity index (χ1n) is 7.29. The van der Waals surface area contributed by atoms with E-state index in [-0.39, 0.29) is 0 Å². The van der Waals surface area contributed by atoms with Crippen LogP contribution in [0.5, 0.6) is 0 Å². The van der Waals surface area contributed by atoms with E-state index in [1.807, 2.05) is 12.1 Å². The third-order valence-corrected chi connectivity index (χ3v) is 3.86. The van der Waals surface area contributed by atoms with Crippen LogP contribution in [0.25, 0.3) is 0 Å². The molecule has 0 bridgehead atoms. The summed E-state index contributed by atoms with van der Waals surface area (Å²) >= 11 is 1.71. The molecule has 1 atom stereocenters. The summed E-state index contributed by atoms with van der Waals surface area (Å²) in [6, 6.07) is 5.83. The average Bonchev–Trinajstić information content (AvgIpc) is 3.12. The maximum absolute atomic E-state index is 10.1. The van der Waals surface area contributed by atoms with Gasteiger partial charge in [-0.15, -0.1) is 0 Å². The number of aliphatic hydroxyl groups excluding tert-OH is 1. The molecule has 0 saturated heterocycles. The van der Waals surface area contributed by atoms with Crippen LogP contribution in [0.2, 0.25) is 0 Å². The molecule has 0 aliphatic carbocycles. The van der Waals surface area contributed by atoms with Gasteiger partial charge in [-0.05, 0) is 47.5 Å². The van der Waals surface area contributed by atoms with E-state index in [1.165, 1.54) is 5.56 Å². The highest BCUT2D eigenvalue weighted by Crippen LogP contribution is 2.10. The van der Waals surface area contributed by atoms with E-state index in [0.29, 0.717) is 19.8 Å². The standard InChI is InChI=1S/C16H23NO3S/c1-2-6-17(9-14-5-8-21-13-14)10-15(18)11-19-12-16-4-3-7-20-16/h3-5,7-8,13,15,18H,2,6,9-12H2,1H3/t15-/m1/s1. The third kappa shape index (κ3) is 6.01. The first kappa shape index (κ1) is 16.2. The van der Waals surface area contributed by atoms with Gasteiger partial charge in [-0.1, -0.05) is 6.92 Å². The number of hydrogen-bond donors (Lipinski definition) is 1. The van der Waals surface area contributed by atoms with Crippen molar-refractivity contribution < 1.29 is 14.3 Å². The fourth-order valence-corrected chi connectivity index (χ4v) is 2.89. The molecule has 0 amide bonds. The second kappa shape index (κ2) is 9.00. The molecule has 116 valence electrons. The molecule has 0 fully saturated rings. The molecular formula is C16H23NO3S. The number of aliphatic hydroxyl groups is 1. The quantitative estimate of drug-likeness (QED) is 0.732. The van der Waals surface area contributed by atoms with E-state index < -0.39 is 6.10 Å². The Kier molecular flexibility index (Phi) is 6.95. The van der Waals surface area contributed by atoms with Crippen molar-refractivity contribution in [3.8, 4) is 0 Å². The highest BCUT2D eigenvalue weighted by Gasteiger charge is 2.12. The Hall–Kier alpha value is -1.14. The smallest absolute Gasteiger partial charge is 0.129 e. The van der Waals surface area contributed by atoms with E-state index in [4.69, 9.17) is 9.15 Å². The molecule has 0 unspecified atom stereocenters. The molecule has 2 rings (SSSR count). The molecule has 0 radical (unpaired) electrons. The lowest BCUT2D eigenvalue weighted by Gasteiger charge is -2.24. The molecule has 21 heavy (non-hydrogen) atoms. The van der Waals surface area contributed by atoms with Crippen LogP contribution in [0.1, 0.15) is 24.7 Å². The number of ether oxygens (including phenoxy) is 1. The van der Waals surface area contributed by atoms with Crippen molar-refractivity contribution in [1.29, 1.82) is 0 Å². The summed E-state index contributed by atoms with van der Waals surface area (Å²) < 4.78 is 10.7. The SMILES string of the molecule is CCCN(Cc1ccsc1)C[C@@H](O)COCc1ccco1. The predicted molar refractivity (Wildman–Crippen MR) is 84.3 cm³/mol. The van der Waals surface area contributed by atoms with Crippen LogP contribution in [0, 0.1) is 0 Å². The maximum Gasteiger partial charge on any atom is 0.129 e. The second-order valence-corrected chi connectivity index (χ2v) is 5.90. The summed E-state index contributed by atoms with van der Waals surface area (Å²) in [4.78, 5) is 2.27. The lowest BCUT2D eigenvalue weighted by molar-refractivity contribution is 0.00389. The van der Waals surface area contributed by atoms with Gasteiger partial charge in [0.2, 0.25) is 0 Å². The summed E-state index contributed by atoms with van der Waals surface area (Å²) in [7, 11) is 0. The molecular weight excluding hydrogens is 286 g/mol. The molecule has 0 aromatic carbocycles. The van der Waals surface area contributed by atoms with Gasteiger partial charge in [0.05, 0.1) is 19.0 Å². The van der Waals surface area contributed by atoms with Crippen LogP contribution in [0.3, 0.4) is 0 Å². The lowest BCUT2D eigenvalue weighted by atomic mass is 10.2. The van der Waals surface area contributed by atoms with Crippen molar-refractivity contribution in [2.75, 3.05) is 19.7 Å². The highest BCUT2D eigenvalue weighted by molar-refractivity contribution is 7.07. The minimum Gasteiger partial charge on any atom is -0.467 e. The van der Waals surface area contributed by atoms with Gasteiger partial charge in [0.1, 0.15) is 12.4 Å². The number of rotatable bonds is 10. The fraction of sp³-hybridized carbons (Fsp3) is 0.500. The zero-order chi connectivity index (χ0) is 14.9. The summed E-state index contributed by atoms with van der Waals surface area (Å²) in [5.41, 5.74) is 1.30. The molecule has 0 spiro atoms. The van der Waals surface area contributed by atoms with E-state index in [1.54, 1.807) is 17.6 Å². The Bertz CT molecular complexity index is 470.